The third-order valence-corrected chi connectivity index (χ3v) is 5.82. The summed E-state index contributed by atoms with van der Waals surface area (Å²) in [6.07, 6.45) is 0.0659. The second-order valence-corrected chi connectivity index (χ2v) is 8.01. The van der Waals surface area contributed by atoms with E-state index in [-0.39, 0.29) is 24.8 Å². The maximum Gasteiger partial charge on any atom is 0.258 e. The molecule has 1 heterocycles. The van der Waals surface area contributed by atoms with E-state index >= 15 is 0 Å². The number of carbonyl (C=O) groups excluding carboxylic acids is 1. The number of halogens is 1. The Bertz CT molecular complexity index is 1230. The number of methoxy groups -OCH3 is 3. The van der Waals surface area contributed by atoms with Crippen LogP contribution in [0.3, 0.4) is 0 Å². The first kappa shape index (κ1) is 24.1. The van der Waals surface area contributed by atoms with Crippen LogP contribution in [0.5, 0.6) is 17.2 Å². The molecule has 3 aromatic rings. The molecule has 182 valence electrons. The highest BCUT2D eigenvalue weighted by atomic mass is 19.1. The molecule has 1 atom stereocenters. The summed E-state index contributed by atoms with van der Waals surface area (Å²) >= 11 is 0. The van der Waals surface area contributed by atoms with Crippen molar-refractivity contribution in [3.63, 3.8) is 0 Å². The largest absolute Gasteiger partial charge is 0.497 e. The molecule has 0 fully saturated rings. The molecule has 1 amide bonds. The number of nitrogens with zero attached hydrogens (tertiary/aromatic N) is 2. The van der Waals surface area contributed by atoms with Gasteiger partial charge < -0.3 is 23.9 Å². The molecule has 7 nitrogen and oxygen atoms in total. The van der Waals surface area contributed by atoms with Crippen LogP contribution in [0.25, 0.3) is 0 Å². The lowest BCUT2D eigenvalue weighted by atomic mass is 10.0. The molecular formula is C27H27FN2O5. The molecule has 0 aliphatic carbocycles. The van der Waals surface area contributed by atoms with Crippen LogP contribution in [0.4, 0.5) is 4.39 Å². The first-order chi connectivity index (χ1) is 17.0. The fourth-order valence-corrected chi connectivity index (χ4v) is 4.01. The Hall–Kier alpha value is -4.07. The maximum atomic E-state index is 14.5. The zero-order valence-electron chi connectivity index (χ0n) is 19.9. The molecule has 1 unspecified atom stereocenters. The van der Waals surface area contributed by atoms with E-state index in [9.17, 15) is 9.18 Å². The zero-order valence-corrected chi connectivity index (χ0v) is 19.9. The monoisotopic (exact) mass is 478 g/mol. The Morgan fingerprint density at radius 2 is 1.74 bits per heavy atom. The molecular weight excluding hydrogens is 451 g/mol. The second kappa shape index (κ2) is 10.9. The molecule has 0 spiro atoms. The van der Waals surface area contributed by atoms with Gasteiger partial charge in [-0.1, -0.05) is 35.5 Å². The van der Waals surface area contributed by atoms with Gasteiger partial charge in [-0.2, -0.15) is 0 Å². The van der Waals surface area contributed by atoms with Crippen molar-refractivity contribution >= 4 is 11.6 Å². The lowest BCUT2D eigenvalue weighted by Gasteiger charge is -2.26. The van der Waals surface area contributed by atoms with Crippen LogP contribution in [0.15, 0.2) is 71.9 Å². The average Bonchev–Trinajstić information content (AvgIpc) is 3.37. The fraction of sp³-hybridized carbons (Fsp3) is 0.259. The summed E-state index contributed by atoms with van der Waals surface area (Å²) < 4.78 is 30.6. The van der Waals surface area contributed by atoms with Crippen LogP contribution in [0, 0.1) is 5.82 Å². The molecule has 4 rings (SSSR count). The number of benzene rings is 3. The van der Waals surface area contributed by atoms with Crippen molar-refractivity contribution in [3.05, 3.63) is 89.2 Å². The topological polar surface area (TPSA) is 69.6 Å². The van der Waals surface area contributed by atoms with Crippen molar-refractivity contribution < 1.29 is 28.2 Å². The number of hydrogen-bond acceptors (Lipinski definition) is 6. The Kier molecular flexibility index (Phi) is 7.50. The maximum absolute atomic E-state index is 14.5. The van der Waals surface area contributed by atoms with E-state index < -0.39 is 6.10 Å². The molecule has 0 saturated carbocycles. The smallest absolute Gasteiger partial charge is 0.258 e. The standard InChI is InChI=1S/C27H27FN2O5/c1-32-19-12-13-22(26(15-19)34-3)27(31)30(16-18-8-4-6-10-23(18)28)17-20-14-24(29-35-20)21-9-5-7-11-25(21)33-2/h4-13,15,20H,14,16-17H2,1-3H3. The molecule has 0 bridgehead atoms. The van der Waals surface area contributed by atoms with Crippen LogP contribution in [0.2, 0.25) is 0 Å². The van der Waals surface area contributed by atoms with Gasteiger partial charge in [0.1, 0.15) is 23.1 Å². The lowest BCUT2D eigenvalue weighted by Crippen LogP contribution is -2.37. The average molecular weight is 479 g/mol. The van der Waals surface area contributed by atoms with Crippen molar-refractivity contribution in [3.8, 4) is 17.2 Å². The summed E-state index contributed by atoms with van der Waals surface area (Å²) in [5, 5.41) is 4.25. The Labute approximate surface area is 203 Å². The Morgan fingerprint density at radius 3 is 2.49 bits per heavy atom. The number of carbonyl (C=O) groups is 1. The van der Waals surface area contributed by atoms with Crippen LogP contribution in [-0.4, -0.2) is 50.5 Å². The third-order valence-electron chi connectivity index (χ3n) is 5.82. The van der Waals surface area contributed by atoms with Gasteiger partial charge >= 0.3 is 0 Å². The summed E-state index contributed by atoms with van der Waals surface area (Å²) in [6.45, 7) is 0.259. The summed E-state index contributed by atoms with van der Waals surface area (Å²) in [5.74, 6) is 0.921. The summed E-state index contributed by atoms with van der Waals surface area (Å²) in [5.41, 5.74) is 2.31. The van der Waals surface area contributed by atoms with Gasteiger partial charge in [0.25, 0.3) is 5.91 Å². The van der Waals surface area contributed by atoms with Gasteiger partial charge in [-0.25, -0.2) is 4.39 Å². The quantitative estimate of drug-likeness (QED) is 0.446. The first-order valence-electron chi connectivity index (χ1n) is 11.1. The SMILES string of the molecule is COc1ccc(C(=O)N(Cc2ccccc2F)CC2CC(c3ccccc3OC)=NO2)c(OC)c1. The van der Waals surface area contributed by atoms with Crippen molar-refractivity contribution in [2.45, 2.75) is 19.1 Å². The summed E-state index contributed by atoms with van der Waals surface area (Å²) in [7, 11) is 4.63. The Morgan fingerprint density at radius 1 is 1.00 bits per heavy atom. The van der Waals surface area contributed by atoms with E-state index in [2.05, 4.69) is 5.16 Å². The van der Waals surface area contributed by atoms with Crippen LogP contribution < -0.4 is 14.2 Å². The van der Waals surface area contributed by atoms with Gasteiger partial charge in [-0.05, 0) is 30.3 Å². The van der Waals surface area contributed by atoms with Gasteiger partial charge in [0, 0.05) is 30.2 Å². The molecule has 0 saturated heterocycles. The van der Waals surface area contributed by atoms with Crippen LogP contribution in [0.1, 0.15) is 27.9 Å². The Balaban J connectivity index is 1.59. The normalized spacial score (nSPS) is 14.6. The molecule has 8 heteroatoms. The first-order valence-corrected chi connectivity index (χ1v) is 11.1. The van der Waals surface area contributed by atoms with Gasteiger partial charge in [0.15, 0.2) is 6.10 Å². The highest BCUT2D eigenvalue weighted by Crippen LogP contribution is 2.29. The lowest BCUT2D eigenvalue weighted by molar-refractivity contribution is 0.0401. The molecule has 0 aromatic heterocycles. The minimum Gasteiger partial charge on any atom is -0.497 e. The summed E-state index contributed by atoms with van der Waals surface area (Å²) in [6, 6.07) is 18.9. The number of rotatable bonds is 9. The van der Waals surface area contributed by atoms with Crippen LogP contribution in [-0.2, 0) is 11.4 Å². The number of oxime groups is 1. The van der Waals surface area contributed by atoms with Gasteiger partial charge in [0.05, 0.1) is 39.1 Å². The molecule has 0 radical (unpaired) electrons. The molecule has 35 heavy (non-hydrogen) atoms. The van der Waals surface area contributed by atoms with Crippen molar-refractivity contribution in [2.24, 2.45) is 5.16 Å². The van der Waals surface area contributed by atoms with E-state index in [1.54, 1.807) is 48.4 Å². The van der Waals surface area contributed by atoms with Gasteiger partial charge in [-0.3, -0.25) is 4.79 Å². The van der Waals surface area contributed by atoms with E-state index in [4.69, 9.17) is 19.0 Å². The fourth-order valence-electron chi connectivity index (χ4n) is 4.01. The third kappa shape index (κ3) is 5.37. The van der Waals surface area contributed by atoms with Gasteiger partial charge in [0.2, 0.25) is 0 Å². The predicted octanol–water partition coefficient (Wildman–Crippen LogP) is 4.69. The molecule has 3 aromatic carbocycles. The molecule has 1 aliphatic heterocycles. The number of para-hydroxylation sites is 1. The van der Waals surface area contributed by atoms with E-state index in [0.717, 1.165) is 11.3 Å². The van der Waals surface area contributed by atoms with Crippen molar-refractivity contribution in [1.82, 2.24) is 4.90 Å². The number of amides is 1. The van der Waals surface area contributed by atoms with Crippen LogP contribution >= 0.6 is 0 Å². The van der Waals surface area contributed by atoms with E-state index in [0.29, 0.717) is 34.8 Å². The molecule has 1 aliphatic rings. The number of hydrogen-bond donors (Lipinski definition) is 0. The minimum atomic E-state index is -0.408. The van der Waals surface area contributed by atoms with Crippen molar-refractivity contribution in [1.29, 1.82) is 0 Å². The van der Waals surface area contributed by atoms with E-state index in [1.165, 1.54) is 20.3 Å². The minimum absolute atomic E-state index is 0.0601. The summed E-state index contributed by atoms with van der Waals surface area (Å²) in [4.78, 5) is 20.9. The molecule has 0 N–H and O–H groups in total. The second-order valence-electron chi connectivity index (χ2n) is 8.01. The zero-order chi connectivity index (χ0) is 24.8. The van der Waals surface area contributed by atoms with E-state index in [1.807, 2.05) is 24.3 Å². The highest BCUT2D eigenvalue weighted by Gasteiger charge is 2.30. The predicted molar refractivity (Wildman–Crippen MR) is 130 cm³/mol. The van der Waals surface area contributed by atoms with Gasteiger partial charge in [-0.15, -0.1) is 0 Å². The van der Waals surface area contributed by atoms with Crippen molar-refractivity contribution in [2.75, 3.05) is 27.9 Å². The number of ether oxygens (including phenoxy) is 3. The highest BCUT2D eigenvalue weighted by molar-refractivity contribution is 6.03.